The van der Waals surface area contributed by atoms with Crippen LogP contribution in [-0.4, -0.2) is 5.91 Å². The van der Waals surface area contributed by atoms with Crippen LogP contribution >= 0.6 is 22.6 Å². The smallest absolute Gasteiger partial charge is 0.256 e. The highest BCUT2D eigenvalue weighted by Gasteiger charge is 2.12. The number of carbonyl (C=O) groups excluding carboxylic acids is 1. The zero-order valence-corrected chi connectivity index (χ0v) is 12.1. The Kier molecular flexibility index (Phi) is 4.29. The van der Waals surface area contributed by atoms with Crippen molar-refractivity contribution in [2.24, 2.45) is 0 Å². The molecule has 0 spiro atoms. The predicted molar refractivity (Wildman–Crippen MR) is 78.2 cm³/mol. The lowest BCUT2D eigenvalue weighted by molar-refractivity contribution is 0.102. The maximum absolute atomic E-state index is 13.0. The second-order valence-electron chi connectivity index (χ2n) is 3.92. The van der Waals surface area contributed by atoms with Crippen molar-refractivity contribution in [3.8, 4) is 6.07 Å². The van der Waals surface area contributed by atoms with Gasteiger partial charge in [-0.1, -0.05) is 0 Å². The summed E-state index contributed by atoms with van der Waals surface area (Å²) in [5.74, 6) is -2.09. The van der Waals surface area contributed by atoms with E-state index in [1.807, 2.05) is 28.7 Å². The van der Waals surface area contributed by atoms with E-state index in [1.165, 1.54) is 6.07 Å². The molecule has 0 bridgehead atoms. The number of hydrogen-bond donors (Lipinski definition) is 1. The van der Waals surface area contributed by atoms with Gasteiger partial charge >= 0.3 is 0 Å². The number of hydrogen-bond acceptors (Lipinski definition) is 2. The molecule has 0 aliphatic heterocycles. The third kappa shape index (κ3) is 3.30. The molecular formula is C14H7F2IN2O. The first-order chi connectivity index (χ1) is 9.49. The van der Waals surface area contributed by atoms with E-state index in [4.69, 9.17) is 5.26 Å². The average molecular weight is 384 g/mol. The van der Waals surface area contributed by atoms with E-state index in [9.17, 15) is 13.6 Å². The van der Waals surface area contributed by atoms with Crippen LogP contribution in [0.15, 0.2) is 36.4 Å². The van der Waals surface area contributed by atoms with Gasteiger partial charge in [0.1, 0.15) is 11.6 Å². The highest BCUT2D eigenvalue weighted by molar-refractivity contribution is 14.1. The summed E-state index contributed by atoms with van der Waals surface area (Å²) in [7, 11) is 0. The second-order valence-corrected chi connectivity index (χ2v) is 5.08. The minimum Gasteiger partial charge on any atom is -0.322 e. The predicted octanol–water partition coefficient (Wildman–Crippen LogP) is 3.69. The third-order valence-corrected chi connectivity index (χ3v) is 3.40. The Bertz CT molecular complexity index is 705. The van der Waals surface area contributed by atoms with Gasteiger partial charge in [0.2, 0.25) is 0 Å². The SMILES string of the molecule is N#Cc1ccc(I)c(C(=O)Nc2cc(F)cc(F)c2)c1. The van der Waals surface area contributed by atoms with Crippen molar-refractivity contribution < 1.29 is 13.6 Å². The molecule has 1 amide bonds. The van der Waals surface area contributed by atoms with E-state index in [-0.39, 0.29) is 11.3 Å². The first kappa shape index (κ1) is 14.4. The highest BCUT2D eigenvalue weighted by atomic mass is 127. The quantitative estimate of drug-likeness (QED) is 0.804. The number of halogens is 3. The van der Waals surface area contributed by atoms with Gasteiger partial charge in [-0.05, 0) is 52.9 Å². The molecule has 3 nitrogen and oxygen atoms in total. The molecule has 20 heavy (non-hydrogen) atoms. The lowest BCUT2D eigenvalue weighted by Gasteiger charge is -2.07. The van der Waals surface area contributed by atoms with Crippen molar-refractivity contribution in [3.63, 3.8) is 0 Å². The summed E-state index contributed by atoms with van der Waals surface area (Å²) in [4.78, 5) is 12.1. The maximum Gasteiger partial charge on any atom is 0.256 e. The van der Waals surface area contributed by atoms with Crippen LogP contribution in [0, 0.1) is 26.5 Å². The van der Waals surface area contributed by atoms with Crippen LogP contribution in [0.2, 0.25) is 0 Å². The number of carbonyl (C=O) groups is 1. The van der Waals surface area contributed by atoms with Gasteiger partial charge in [0.25, 0.3) is 5.91 Å². The number of rotatable bonds is 2. The Morgan fingerprint density at radius 3 is 2.40 bits per heavy atom. The van der Waals surface area contributed by atoms with Crippen molar-refractivity contribution in [2.75, 3.05) is 5.32 Å². The molecule has 0 radical (unpaired) electrons. The Morgan fingerprint density at radius 2 is 1.80 bits per heavy atom. The third-order valence-electron chi connectivity index (χ3n) is 2.46. The summed E-state index contributed by atoms with van der Waals surface area (Å²) < 4.78 is 26.7. The van der Waals surface area contributed by atoms with E-state index in [2.05, 4.69) is 5.32 Å². The van der Waals surface area contributed by atoms with Gasteiger partial charge < -0.3 is 5.32 Å². The van der Waals surface area contributed by atoms with Crippen molar-refractivity contribution in [1.82, 2.24) is 0 Å². The fourth-order valence-corrected chi connectivity index (χ4v) is 2.17. The van der Waals surface area contributed by atoms with E-state index < -0.39 is 17.5 Å². The van der Waals surface area contributed by atoms with Crippen LogP contribution in [0.3, 0.4) is 0 Å². The van der Waals surface area contributed by atoms with Gasteiger partial charge in [-0.15, -0.1) is 0 Å². The Balaban J connectivity index is 2.30. The minimum absolute atomic E-state index is 0.0191. The lowest BCUT2D eigenvalue weighted by atomic mass is 10.1. The Hall–Kier alpha value is -2.01. The largest absolute Gasteiger partial charge is 0.322 e. The van der Waals surface area contributed by atoms with E-state index in [0.717, 1.165) is 18.2 Å². The first-order valence-corrected chi connectivity index (χ1v) is 6.54. The van der Waals surface area contributed by atoms with Crippen molar-refractivity contribution in [1.29, 1.82) is 5.26 Å². The standard InChI is InChI=1S/C14H7F2IN2O/c15-9-4-10(16)6-11(5-9)19-14(20)12-3-8(7-18)1-2-13(12)17/h1-6H,(H,19,20). The number of amides is 1. The van der Waals surface area contributed by atoms with Gasteiger partial charge in [-0.2, -0.15) is 5.26 Å². The van der Waals surface area contributed by atoms with Gasteiger partial charge in [0.15, 0.2) is 0 Å². The molecule has 0 unspecified atom stereocenters. The van der Waals surface area contributed by atoms with Crippen LogP contribution in [0.4, 0.5) is 14.5 Å². The fourth-order valence-electron chi connectivity index (χ4n) is 1.59. The number of benzene rings is 2. The lowest BCUT2D eigenvalue weighted by Crippen LogP contribution is -2.14. The van der Waals surface area contributed by atoms with Crippen LogP contribution in [0.5, 0.6) is 0 Å². The fraction of sp³-hybridized carbons (Fsp3) is 0. The summed E-state index contributed by atoms with van der Waals surface area (Å²) in [6.45, 7) is 0. The van der Waals surface area contributed by atoms with Crippen molar-refractivity contribution in [2.45, 2.75) is 0 Å². The molecule has 0 atom stereocenters. The van der Waals surface area contributed by atoms with E-state index >= 15 is 0 Å². The zero-order chi connectivity index (χ0) is 14.7. The second kappa shape index (κ2) is 5.96. The topological polar surface area (TPSA) is 52.9 Å². The van der Waals surface area contributed by atoms with Crippen molar-refractivity contribution in [3.05, 3.63) is 62.7 Å². The van der Waals surface area contributed by atoms with Gasteiger partial charge in [-0.25, -0.2) is 8.78 Å². The molecule has 0 saturated carbocycles. The molecule has 1 N–H and O–H groups in total. The van der Waals surface area contributed by atoms with Gasteiger partial charge in [0, 0.05) is 15.3 Å². The molecule has 0 fully saturated rings. The molecular weight excluding hydrogens is 377 g/mol. The maximum atomic E-state index is 13.0. The molecule has 2 aromatic rings. The zero-order valence-electron chi connectivity index (χ0n) is 9.95. The summed E-state index contributed by atoms with van der Waals surface area (Å²) in [5.41, 5.74) is 0.626. The molecule has 2 aromatic carbocycles. The van der Waals surface area contributed by atoms with E-state index in [1.54, 1.807) is 12.1 Å². The van der Waals surface area contributed by atoms with Gasteiger partial charge in [0.05, 0.1) is 17.2 Å². The normalized spacial score (nSPS) is 9.90. The molecule has 0 saturated heterocycles. The van der Waals surface area contributed by atoms with Crippen molar-refractivity contribution >= 4 is 34.2 Å². The van der Waals surface area contributed by atoms with Gasteiger partial charge in [-0.3, -0.25) is 4.79 Å². The van der Waals surface area contributed by atoms with E-state index in [0.29, 0.717) is 9.13 Å². The minimum atomic E-state index is -0.777. The Morgan fingerprint density at radius 1 is 1.15 bits per heavy atom. The molecule has 0 aromatic heterocycles. The van der Waals surface area contributed by atoms with Crippen LogP contribution in [0.1, 0.15) is 15.9 Å². The number of nitriles is 1. The number of anilines is 1. The Labute approximate surface area is 127 Å². The van der Waals surface area contributed by atoms with Crippen LogP contribution in [0.25, 0.3) is 0 Å². The monoisotopic (exact) mass is 384 g/mol. The summed E-state index contributed by atoms with van der Waals surface area (Å²) >= 11 is 1.95. The number of nitrogens with one attached hydrogen (secondary N) is 1. The molecule has 2 rings (SSSR count). The summed E-state index contributed by atoms with van der Waals surface area (Å²) in [5, 5.41) is 11.2. The van der Waals surface area contributed by atoms with Crippen LogP contribution in [-0.2, 0) is 0 Å². The summed E-state index contributed by atoms with van der Waals surface area (Å²) in [6.07, 6.45) is 0. The molecule has 0 aliphatic carbocycles. The highest BCUT2D eigenvalue weighted by Crippen LogP contribution is 2.18. The average Bonchev–Trinajstić information content (AvgIpc) is 2.37. The number of nitrogens with zero attached hydrogens (tertiary/aromatic N) is 1. The summed E-state index contributed by atoms with van der Waals surface area (Å²) in [6, 6.07) is 9.31. The molecule has 0 aliphatic rings. The molecule has 0 heterocycles. The first-order valence-electron chi connectivity index (χ1n) is 5.46. The van der Waals surface area contributed by atoms with Crippen LogP contribution < -0.4 is 5.32 Å². The molecule has 6 heteroatoms. The molecule has 100 valence electrons.